The summed E-state index contributed by atoms with van der Waals surface area (Å²) in [6.45, 7) is 5.21. The normalized spacial score (nSPS) is 13.4. The van der Waals surface area contributed by atoms with Crippen LogP contribution < -0.4 is 25.6 Å². The number of imidazole rings is 1. The minimum absolute atomic E-state index is 0.301. The molecule has 4 aromatic rings. The second kappa shape index (κ2) is 12.9. The van der Waals surface area contributed by atoms with Crippen LogP contribution in [0.1, 0.15) is 31.7 Å². The second-order valence-electron chi connectivity index (χ2n) is 10.8. The van der Waals surface area contributed by atoms with Gasteiger partial charge in [-0.3, -0.25) is 9.36 Å². The number of rotatable bonds is 12. The van der Waals surface area contributed by atoms with Crippen molar-refractivity contribution in [2.45, 2.75) is 31.7 Å². The highest BCUT2D eigenvalue weighted by Gasteiger charge is 2.25. The van der Waals surface area contributed by atoms with E-state index in [0.717, 1.165) is 54.4 Å². The number of carbonyl (C=O) groups is 1. The molecular formula is C31H39N9O2. The highest BCUT2D eigenvalue weighted by atomic mass is 16.5. The molecular weight excluding hydrogens is 530 g/mol. The summed E-state index contributed by atoms with van der Waals surface area (Å²) in [5.41, 5.74) is 4.51. The zero-order chi connectivity index (χ0) is 29.6. The van der Waals surface area contributed by atoms with Crippen molar-refractivity contribution in [2.75, 3.05) is 62.2 Å². The van der Waals surface area contributed by atoms with Crippen LogP contribution in [-0.4, -0.2) is 71.7 Å². The molecule has 220 valence electrons. The standard InChI is InChI=1S/C31H39N9O2/c1-6-28(41)34-23-18-24(27(42-5)19-26(23)39(4)17-16-38(2)3)35-30-32-20-25-29(37-30)40(22-14-10-11-15-22)31(36-25)33-21-12-8-7-9-13-21/h6-9,12-13,18-20,22H,1,10-11,14-17H2,2-5H3,(H,33,36)(H,34,41)(H,32,35,37). The van der Waals surface area contributed by atoms with Crippen LogP contribution in [0, 0.1) is 0 Å². The summed E-state index contributed by atoms with van der Waals surface area (Å²) >= 11 is 0. The molecule has 1 saturated carbocycles. The van der Waals surface area contributed by atoms with Crippen molar-refractivity contribution < 1.29 is 9.53 Å². The molecule has 1 amide bonds. The van der Waals surface area contributed by atoms with Crippen LogP contribution in [-0.2, 0) is 4.79 Å². The van der Waals surface area contributed by atoms with Gasteiger partial charge >= 0.3 is 0 Å². The minimum atomic E-state index is -0.301. The van der Waals surface area contributed by atoms with E-state index < -0.39 is 0 Å². The fraction of sp³-hybridized carbons (Fsp3) is 0.355. The Morgan fingerprint density at radius 3 is 2.52 bits per heavy atom. The fourth-order valence-corrected chi connectivity index (χ4v) is 5.22. The Morgan fingerprint density at radius 2 is 1.83 bits per heavy atom. The number of nitrogens with zero attached hydrogens (tertiary/aromatic N) is 6. The Bertz CT molecular complexity index is 1550. The Labute approximate surface area is 246 Å². The summed E-state index contributed by atoms with van der Waals surface area (Å²) < 4.78 is 7.97. The number of nitrogens with one attached hydrogen (secondary N) is 3. The number of ether oxygens (including phenoxy) is 1. The number of aromatic nitrogens is 4. The van der Waals surface area contributed by atoms with E-state index in [4.69, 9.17) is 14.7 Å². The molecule has 11 heteroatoms. The van der Waals surface area contributed by atoms with Gasteiger partial charge in [-0.05, 0) is 51.2 Å². The van der Waals surface area contributed by atoms with Crippen LogP contribution in [0.5, 0.6) is 5.75 Å². The van der Waals surface area contributed by atoms with Crippen LogP contribution in [0.3, 0.4) is 0 Å². The number of hydrogen-bond acceptors (Lipinski definition) is 9. The number of anilines is 6. The van der Waals surface area contributed by atoms with Crippen molar-refractivity contribution in [3.63, 3.8) is 0 Å². The molecule has 2 aromatic carbocycles. The third-order valence-electron chi connectivity index (χ3n) is 7.45. The molecule has 0 bridgehead atoms. The van der Waals surface area contributed by atoms with Gasteiger partial charge in [-0.25, -0.2) is 9.97 Å². The molecule has 0 atom stereocenters. The maximum atomic E-state index is 12.3. The average molecular weight is 570 g/mol. The lowest BCUT2D eigenvalue weighted by Crippen LogP contribution is -2.29. The molecule has 0 radical (unpaired) electrons. The highest BCUT2D eigenvalue weighted by Crippen LogP contribution is 2.39. The maximum absolute atomic E-state index is 12.3. The van der Waals surface area contributed by atoms with Crippen molar-refractivity contribution in [3.05, 3.63) is 61.3 Å². The SMILES string of the molecule is C=CC(=O)Nc1cc(Nc2ncc3nc(Nc4ccccc4)n(C4CCCC4)c3n2)c(OC)cc1N(C)CCN(C)C. The largest absolute Gasteiger partial charge is 0.494 e. The molecule has 1 aliphatic rings. The number of hydrogen-bond donors (Lipinski definition) is 3. The molecule has 1 aliphatic carbocycles. The molecule has 0 aliphatic heterocycles. The van der Waals surface area contributed by atoms with E-state index in [9.17, 15) is 4.79 Å². The van der Waals surface area contributed by atoms with E-state index in [2.05, 4.69) is 41.9 Å². The van der Waals surface area contributed by atoms with Crippen LogP contribution in [0.4, 0.5) is 34.6 Å². The predicted molar refractivity (Wildman–Crippen MR) is 169 cm³/mol. The van der Waals surface area contributed by atoms with Gasteiger partial charge in [0.2, 0.25) is 17.8 Å². The van der Waals surface area contributed by atoms with Crippen LogP contribution in [0.15, 0.2) is 61.3 Å². The van der Waals surface area contributed by atoms with Gasteiger partial charge in [0.25, 0.3) is 0 Å². The average Bonchev–Trinajstić information content (AvgIpc) is 3.64. The number of para-hydroxylation sites is 1. The lowest BCUT2D eigenvalue weighted by atomic mass is 10.2. The van der Waals surface area contributed by atoms with E-state index in [-0.39, 0.29) is 5.91 Å². The summed E-state index contributed by atoms with van der Waals surface area (Å²) in [7, 11) is 7.65. The van der Waals surface area contributed by atoms with Gasteiger partial charge < -0.3 is 30.5 Å². The number of fused-ring (bicyclic) bond motifs is 1. The molecule has 2 heterocycles. The Balaban J connectivity index is 1.52. The molecule has 42 heavy (non-hydrogen) atoms. The fourth-order valence-electron chi connectivity index (χ4n) is 5.22. The lowest BCUT2D eigenvalue weighted by molar-refractivity contribution is -0.111. The summed E-state index contributed by atoms with van der Waals surface area (Å²) in [6.07, 6.45) is 7.50. The Morgan fingerprint density at radius 1 is 1.07 bits per heavy atom. The van der Waals surface area contributed by atoms with E-state index in [1.54, 1.807) is 13.3 Å². The smallest absolute Gasteiger partial charge is 0.247 e. The summed E-state index contributed by atoms with van der Waals surface area (Å²) in [5.74, 6) is 1.45. The predicted octanol–water partition coefficient (Wildman–Crippen LogP) is 5.56. The minimum Gasteiger partial charge on any atom is -0.494 e. The first-order valence-electron chi connectivity index (χ1n) is 14.2. The summed E-state index contributed by atoms with van der Waals surface area (Å²) in [6, 6.07) is 14.1. The Kier molecular flexibility index (Phi) is 8.87. The second-order valence-corrected chi connectivity index (χ2v) is 10.8. The quantitative estimate of drug-likeness (QED) is 0.189. The van der Waals surface area contributed by atoms with Gasteiger partial charge in [0.15, 0.2) is 5.65 Å². The van der Waals surface area contributed by atoms with Crippen LogP contribution >= 0.6 is 0 Å². The first-order valence-corrected chi connectivity index (χ1v) is 14.2. The summed E-state index contributed by atoms with van der Waals surface area (Å²) in [4.78, 5) is 30.9. The zero-order valence-corrected chi connectivity index (χ0v) is 24.7. The van der Waals surface area contributed by atoms with Crippen molar-refractivity contribution >= 4 is 51.7 Å². The van der Waals surface area contributed by atoms with Gasteiger partial charge in [0.1, 0.15) is 11.3 Å². The van der Waals surface area contributed by atoms with Crippen molar-refractivity contribution in [3.8, 4) is 5.75 Å². The van der Waals surface area contributed by atoms with Crippen LogP contribution in [0.2, 0.25) is 0 Å². The van der Waals surface area contributed by atoms with Gasteiger partial charge in [0, 0.05) is 37.9 Å². The number of likely N-dealkylation sites (N-methyl/N-ethyl adjacent to an activating group) is 2. The molecule has 11 nitrogen and oxygen atoms in total. The van der Waals surface area contributed by atoms with E-state index in [0.29, 0.717) is 29.1 Å². The number of carbonyl (C=O) groups excluding carboxylic acids is 1. The molecule has 1 fully saturated rings. The first-order chi connectivity index (χ1) is 20.4. The molecule has 0 saturated heterocycles. The Hall–Kier alpha value is -4.64. The van der Waals surface area contributed by atoms with Gasteiger partial charge in [-0.1, -0.05) is 37.6 Å². The molecule has 5 rings (SSSR count). The first kappa shape index (κ1) is 28.9. The maximum Gasteiger partial charge on any atom is 0.247 e. The molecule has 3 N–H and O–H groups in total. The van der Waals surface area contributed by atoms with E-state index in [1.807, 2.05) is 63.6 Å². The monoisotopic (exact) mass is 569 g/mol. The lowest BCUT2D eigenvalue weighted by Gasteiger charge is -2.26. The van der Waals surface area contributed by atoms with Crippen molar-refractivity contribution in [1.29, 1.82) is 0 Å². The third kappa shape index (κ3) is 6.46. The van der Waals surface area contributed by atoms with Crippen molar-refractivity contribution in [2.24, 2.45) is 0 Å². The van der Waals surface area contributed by atoms with Gasteiger partial charge in [-0.15, -0.1) is 0 Å². The van der Waals surface area contributed by atoms with Crippen molar-refractivity contribution in [1.82, 2.24) is 24.4 Å². The topological polar surface area (TPSA) is 112 Å². The number of benzene rings is 2. The highest BCUT2D eigenvalue weighted by molar-refractivity contribution is 6.02. The van der Waals surface area contributed by atoms with Gasteiger partial charge in [0.05, 0.1) is 30.4 Å². The third-order valence-corrected chi connectivity index (χ3v) is 7.45. The van der Waals surface area contributed by atoms with E-state index in [1.165, 1.54) is 18.9 Å². The van der Waals surface area contributed by atoms with E-state index >= 15 is 0 Å². The van der Waals surface area contributed by atoms with Gasteiger partial charge in [-0.2, -0.15) is 4.98 Å². The molecule has 2 aromatic heterocycles. The number of amides is 1. The number of methoxy groups -OCH3 is 1. The van der Waals surface area contributed by atoms with Crippen LogP contribution in [0.25, 0.3) is 11.2 Å². The molecule has 0 spiro atoms. The molecule has 0 unspecified atom stereocenters. The zero-order valence-electron chi connectivity index (χ0n) is 24.7. The summed E-state index contributed by atoms with van der Waals surface area (Å²) in [5, 5.41) is 9.74.